The Morgan fingerprint density at radius 2 is 1.86 bits per heavy atom. The molecular formula is C23H18N2O4. The standard InChI is InChI=1S/C23H18N2O4/c1-15-22(16-7-3-2-4-8-16)23(27)18-11-10-17(13-19(18)29-15)28-14-21(26)25-20-9-5-6-12-24-20/h2-13H,14H2,1H3,(H,24,25,26). The number of benzene rings is 2. The SMILES string of the molecule is Cc1oc2cc(OCC(=O)Nc3ccccn3)ccc2c(=O)c1-c1ccccc1. The molecule has 29 heavy (non-hydrogen) atoms. The number of hydrogen-bond acceptors (Lipinski definition) is 5. The quantitative estimate of drug-likeness (QED) is 0.556. The molecule has 0 atom stereocenters. The maximum atomic E-state index is 13.0. The van der Waals surface area contributed by atoms with E-state index in [1.807, 2.05) is 30.3 Å². The van der Waals surface area contributed by atoms with Gasteiger partial charge in [0.05, 0.1) is 10.9 Å². The molecule has 6 nitrogen and oxygen atoms in total. The molecule has 0 aliphatic rings. The Balaban J connectivity index is 1.55. The van der Waals surface area contributed by atoms with Crippen molar-refractivity contribution in [1.29, 1.82) is 0 Å². The van der Waals surface area contributed by atoms with Crippen molar-refractivity contribution in [3.63, 3.8) is 0 Å². The summed E-state index contributed by atoms with van der Waals surface area (Å²) < 4.78 is 11.4. The van der Waals surface area contributed by atoms with Crippen LogP contribution in [-0.4, -0.2) is 17.5 Å². The summed E-state index contributed by atoms with van der Waals surface area (Å²) in [5.74, 6) is 1.08. The Morgan fingerprint density at radius 1 is 1.07 bits per heavy atom. The highest BCUT2D eigenvalue weighted by atomic mass is 16.5. The van der Waals surface area contributed by atoms with E-state index in [1.165, 1.54) is 0 Å². The van der Waals surface area contributed by atoms with Crippen LogP contribution in [0.15, 0.2) is 82.1 Å². The highest BCUT2D eigenvalue weighted by molar-refractivity contribution is 5.91. The molecule has 1 N–H and O–H groups in total. The lowest BCUT2D eigenvalue weighted by Crippen LogP contribution is -2.20. The molecule has 0 aliphatic carbocycles. The summed E-state index contributed by atoms with van der Waals surface area (Å²) in [5, 5.41) is 3.10. The number of pyridine rings is 1. The van der Waals surface area contributed by atoms with Crippen molar-refractivity contribution in [3.8, 4) is 16.9 Å². The van der Waals surface area contributed by atoms with Crippen LogP contribution in [0.3, 0.4) is 0 Å². The molecular weight excluding hydrogens is 368 g/mol. The van der Waals surface area contributed by atoms with Gasteiger partial charge in [0.25, 0.3) is 5.91 Å². The molecule has 0 aliphatic heterocycles. The second kappa shape index (κ2) is 7.98. The number of aromatic nitrogens is 1. The normalized spacial score (nSPS) is 10.7. The second-order valence-electron chi connectivity index (χ2n) is 6.44. The van der Waals surface area contributed by atoms with E-state index in [0.717, 1.165) is 5.56 Å². The third-order valence-electron chi connectivity index (χ3n) is 4.40. The number of aryl methyl sites for hydroxylation is 1. The zero-order chi connectivity index (χ0) is 20.2. The Kier molecular flexibility index (Phi) is 5.07. The van der Waals surface area contributed by atoms with Crippen molar-refractivity contribution in [2.75, 3.05) is 11.9 Å². The van der Waals surface area contributed by atoms with Crippen LogP contribution >= 0.6 is 0 Å². The van der Waals surface area contributed by atoms with E-state index in [1.54, 1.807) is 49.5 Å². The molecule has 4 rings (SSSR count). The minimum Gasteiger partial charge on any atom is -0.484 e. The lowest BCUT2D eigenvalue weighted by Gasteiger charge is -2.10. The van der Waals surface area contributed by atoms with Gasteiger partial charge in [-0.05, 0) is 36.8 Å². The Bertz CT molecular complexity index is 1220. The third kappa shape index (κ3) is 4.01. The van der Waals surface area contributed by atoms with Gasteiger partial charge in [0, 0.05) is 12.3 Å². The molecule has 1 amide bonds. The van der Waals surface area contributed by atoms with Crippen molar-refractivity contribution in [2.45, 2.75) is 6.92 Å². The first-order valence-corrected chi connectivity index (χ1v) is 9.08. The molecule has 0 bridgehead atoms. The summed E-state index contributed by atoms with van der Waals surface area (Å²) in [4.78, 5) is 29.0. The lowest BCUT2D eigenvalue weighted by atomic mass is 10.0. The molecule has 0 saturated carbocycles. The van der Waals surface area contributed by atoms with E-state index in [2.05, 4.69) is 10.3 Å². The molecule has 0 spiro atoms. The molecule has 2 aromatic heterocycles. The van der Waals surface area contributed by atoms with Gasteiger partial charge in [0.15, 0.2) is 6.61 Å². The van der Waals surface area contributed by atoms with Gasteiger partial charge in [-0.3, -0.25) is 9.59 Å². The molecule has 144 valence electrons. The highest BCUT2D eigenvalue weighted by Gasteiger charge is 2.14. The smallest absolute Gasteiger partial charge is 0.263 e. The zero-order valence-electron chi connectivity index (χ0n) is 15.7. The second-order valence-corrected chi connectivity index (χ2v) is 6.44. The number of fused-ring (bicyclic) bond motifs is 1. The predicted molar refractivity (Wildman–Crippen MR) is 111 cm³/mol. The van der Waals surface area contributed by atoms with Crippen LogP contribution in [0.25, 0.3) is 22.1 Å². The Hall–Kier alpha value is -3.93. The van der Waals surface area contributed by atoms with E-state index in [9.17, 15) is 9.59 Å². The topological polar surface area (TPSA) is 81.4 Å². The fourth-order valence-corrected chi connectivity index (χ4v) is 3.08. The van der Waals surface area contributed by atoms with Gasteiger partial charge >= 0.3 is 0 Å². The van der Waals surface area contributed by atoms with Crippen molar-refractivity contribution < 1.29 is 13.9 Å². The first kappa shape index (κ1) is 18.4. The number of nitrogens with one attached hydrogen (secondary N) is 1. The molecule has 0 unspecified atom stereocenters. The molecule has 0 saturated heterocycles. The number of carbonyl (C=O) groups excluding carboxylic acids is 1. The van der Waals surface area contributed by atoms with Crippen LogP contribution in [0.1, 0.15) is 5.76 Å². The van der Waals surface area contributed by atoms with Crippen LogP contribution in [-0.2, 0) is 4.79 Å². The number of amides is 1. The number of anilines is 1. The zero-order valence-corrected chi connectivity index (χ0v) is 15.7. The summed E-state index contributed by atoms with van der Waals surface area (Å²) in [5.41, 5.74) is 1.66. The minimum atomic E-state index is -0.333. The molecule has 0 fully saturated rings. The number of rotatable bonds is 5. The van der Waals surface area contributed by atoms with Gasteiger partial charge in [0.1, 0.15) is 22.9 Å². The van der Waals surface area contributed by atoms with Crippen molar-refractivity contribution in [1.82, 2.24) is 4.98 Å². The molecule has 2 aromatic carbocycles. The van der Waals surface area contributed by atoms with Gasteiger partial charge in [-0.25, -0.2) is 4.98 Å². The predicted octanol–water partition coefficient (Wildman–Crippen LogP) is 4.18. The fraction of sp³-hybridized carbons (Fsp3) is 0.0870. The molecule has 2 heterocycles. The van der Waals surface area contributed by atoms with Gasteiger partial charge in [-0.2, -0.15) is 0 Å². The van der Waals surface area contributed by atoms with Gasteiger partial charge in [-0.1, -0.05) is 36.4 Å². The number of nitrogens with zero attached hydrogens (tertiary/aromatic N) is 1. The van der Waals surface area contributed by atoms with E-state index in [4.69, 9.17) is 9.15 Å². The summed E-state index contributed by atoms with van der Waals surface area (Å²) in [6.45, 7) is 1.57. The summed E-state index contributed by atoms with van der Waals surface area (Å²) in [7, 11) is 0. The number of carbonyl (C=O) groups is 1. The first-order valence-electron chi connectivity index (χ1n) is 9.08. The lowest BCUT2D eigenvalue weighted by molar-refractivity contribution is -0.118. The molecule has 0 radical (unpaired) electrons. The van der Waals surface area contributed by atoms with Crippen molar-refractivity contribution in [3.05, 3.63) is 88.9 Å². The van der Waals surface area contributed by atoms with Crippen LogP contribution < -0.4 is 15.5 Å². The Morgan fingerprint density at radius 3 is 2.62 bits per heavy atom. The van der Waals surface area contributed by atoms with Gasteiger partial charge < -0.3 is 14.5 Å². The third-order valence-corrected chi connectivity index (χ3v) is 4.40. The summed E-state index contributed by atoms with van der Waals surface area (Å²) >= 11 is 0. The van der Waals surface area contributed by atoms with Crippen LogP contribution in [0, 0.1) is 6.92 Å². The van der Waals surface area contributed by atoms with Crippen molar-refractivity contribution in [2.24, 2.45) is 0 Å². The van der Waals surface area contributed by atoms with Gasteiger partial charge in [0.2, 0.25) is 5.43 Å². The van der Waals surface area contributed by atoms with Crippen LogP contribution in [0.4, 0.5) is 5.82 Å². The molecule has 6 heteroatoms. The Labute approximate surface area is 166 Å². The van der Waals surface area contributed by atoms with E-state index < -0.39 is 0 Å². The van der Waals surface area contributed by atoms with E-state index in [0.29, 0.717) is 33.9 Å². The molecule has 4 aromatic rings. The van der Waals surface area contributed by atoms with Crippen LogP contribution in [0.2, 0.25) is 0 Å². The van der Waals surface area contributed by atoms with Crippen molar-refractivity contribution >= 4 is 22.7 Å². The number of hydrogen-bond donors (Lipinski definition) is 1. The average molecular weight is 386 g/mol. The minimum absolute atomic E-state index is 0.102. The van der Waals surface area contributed by atoms with E-state index in [-0.39, 0.29) is 17.9 Å². The summed E-state index contributed by atoms with van der Waals surface area (Å²) in [6.07, 6.45) is 1.59. The maximum Gasteiger partial charge on any atom is 0.263 e. The largest absolute Gasteiger partial charge is 0.484 e. The first-order chi connectivity index (χ1) is 14.1. The summed E-state index contributed by atoms with van der Waals surface area (Å²) in [6, 6.07) is 19.6. The maximum absolute atomic E-state index is 13.0. The van der Waals surface area contributed by atoms with Crippen LogP contribution in [0.5, 0.6) is 5.75 Å². The number of ether oxygens (including phenoxy) is 1. The fourth-order valence-electron chi connectivity index (χ4n) is 3.08. The van der Waals surface area contributed by atoms with Gasteiger partial charge in [-0.15, -0.1) is 0 Å². The monoisotopic (exact) mass is 386 g/mol. The highest BCUT2D eigenvalue weighted by Crippen LogP contribution is 2.26. The van der Waals surface area contributed by atoms with E-state index >= 15 is 0 Å². The average Bonchev–Trinajstić information content (AvgIpc) is 2.73.